The number of aliphatic hydroxyl groups excluding tert-OH is 1. The summed E-state index contributed by atoms with van der Waals surface area (Å²) in [6, 6.07) is 19.0. The Bertz CT molecular complexity index is 941. The first-order valence-corrected chi connectivity index (χ1v) is 11.6. The van der Waals surface area contributed by atoms with E-state index in [4.69, 9.17) is 23.7 Å². The van der Waals surface area contributed by atoms with Crippen molar-refractivity contribution in [3.8, 4) is 0 Å². The van der Waals surface area contributed by atoms with Crippen LogP contribution in [-0.4, -0.2) is 54.4 Å². The van der Waals surface area contributed by atoms with Gasteiger partial charge in [-0.05, 0) is 31.9 Å². The molecule has 2 aromatic rings. The third kappa shape index (κ3) is 7.86. The van der Waals surface area contributed by atoms with Gasteiger partial charge in [-0.3, -0.25) is 9.59 Å². The van der Waals surface area contributed by atoms with Crippen LogP contribution < -0.4 is 0 Å². The van der Waals surface area contributed by atoms with E-state index in [9.17, 15) is 14.7 Å². The molecular weight excluding hydrogens is 452 g/mol. The molecule has 1 N–H and O–H groups in total. The summed E-state index contributed by atoms with van der Waals surface area (Å²) in [7, 11) is 0. The van der Waals surface area contributed by atoms with Gasteiger partial charge in [0.2, 0.25) is 0 Å². The number of ether oxygens (including phenoxy) is 5. The Morgan fingerprint density at radius 2 is 1.37 bits per heavy atom. The van der Waals surface area contributed by atoms with E-state index >= 15 is 0 Å². The van der Waals surface area contributed by atoms with E-state index < -0.39 is 48.1 Å². The number of esters is 2. The molecule has 1 heterocycles. The lowest BCUT2D eigenvalue weighted by molar-refractivity contribution is -0.309. The monoisotopic (exact) mass is 486 g/mol. The highest BCUT2D eigenvalue weighted by atomic mass is 16.7. The van der Waals surface area contributed by atoms with Crippen molar-refractivity contribution < 1.29 is 38.4 Å². The van der Waals surface area contributed by atoms with Crippen LogP contribution in [0.3, 0.4) is 0 Å². The van der Waals surface area contributed by atoms with Gasteiger partial charge in [-0.25, -0.2) is 0 Å². The molecule has 0 amide bonds. The summed E-state index contributed by atoms with van der Waals surface area (Å²) in [5, 5.41) is 10.8. The Hall–Kier alpha value is -2.78. The fourth-order valence-electron chi connectivity index (χ4n) is 3.58. The second-order valence-corrected chi connectivity index (χ2v) is 9.51. The van der Waals surface area contributed by atoms with E-state index in [0.29, 0.717) is 0 Å². The molecule has 0 unspecified atom stereocenters. The molecule has 0 aromatic heterocycles. The van der Waals surface area contributed by atoms with Crippen molar-refractivity contribution in [2.24, 2.45) is 5.41 Å². The summed E-state index contributed by atoms with van der Waals surface area (Å²) >= 11 is 0. The smallest absolute Gasteiger partial charge is 0.311 e. The predicted octanol–water partition coefficient (Wildman–Crippen LogP) is 3.40. The Balaban J connectivity index is 1.89. The van der Waals surface area contributed by atoms with E-state index in [1.807, 2.05) is 60.7 Å². The summed E-state index contributed by atoms with van der Waals surface area (Å²) in [4.78, 5) is 24.2. The van der Waals surface area contributed by atoms with Crippen LogP contribution in [0.15, 0.2) is 60.7 Å². The Morgan fingerprint density at radius 3 is 1.86 bits per heavy atom. The second kappa shape index (κ2) is 12.3. The van der Waals surface area contributed by atoms with Crippen molar-refractivity contribution in [3.05, 3.63) is 71.8 Å². The minimum Gasteiger partial charge on any atom is -0.463 e. The number of benzene rings is 2. The number of hydrogen-bond donors (Lipinski definition) is 1. The molecule has 0 spiro atoms. The van der Waals surface area contributed by atoms with Gasteiger partial charge in [-0.1, -0.05) is 60.7 Å². The fourth-order valence-corrected chi connectivity index (χ4v) is 3.58. The summed E-state index contributed by atoms with van der Waals surface area (Å²) < 4.78 is 29.1. The first-order valence-electron chi connectivity index (χ1n) is 11.6. The molecule has 35 heavy (non-hydrogen) atoms. The first-order chi connectivity index (χ1) is 16.6. The average Bonchev–Trinajstić information content (AvgIpc) is 2.82. The molecule has 1 fully saturated rings. The molecule has 3 rings (SSSR count). The van der Waals surface area contributed by atoms with Crippen LogP contribution in [0.4, 0.5) is 0 Å². The van der Waals surface area contributed by atoms with Crippen molar-refractivity contribution >= 4 is 11.9 Å². The molecule has 1 saturated heterocycles. The van der Waals surface area contributed by atoms with E-state index in [2.05, 4.69) is 0 Å². The highest BCUT2D eigenvalue weighted by Crippen LogP contribution is 2.31. The molecular formula is C27H34O8. The van der Waals surface area contributed by atoms with E-state index in [0.717, 1.165) is 11.1 Å². The quantitative estimate of drug-likeness (QED) is 0.539. The maximum absolute atomic E-state index is 12.7. The number of carbonyl (C=O) groups is 2. The summed E-state index contributed by atoms with van der Waals surface area (Å²) in [6.07, 6.45) is -5.20. The zero-order valence-corrected chi connectivity index (χ0v) is 20.6. The largest absolute Gasteiger partial charge is 0.463 e. The average molecular weight is 487 g/mol. The highest BCUT2D eigenvalue weighted by molar-refractivity contribution is 5.75. The zero-order valence-electron chi connectivity index (χ0n) is 20.6. The van der Waals surface area contributed by atoms with Gasteiger partial charge in [0, 0.05) is 6.92 Å². The van der Waals surface area contributed by atoms with Crippen LogP contribution in [0.25, 0.3) is 0 Å². The number of carbonyl (C=O) groups excluding carboxylic acids is 2. The molecule has 0 bridgehead atoms. The standard InChI is InChI=1S/C27H34O8/c1-18(28)31-17-21-22(32-15-19-11-7-5-8-12-19)23(33-16-20-13-9-6-10-14-20)24(25(29)34-21)35-26(30)27(2,3)4/h5-14,21-25,29H,15-17H2,1-4H3/t21-,22-,23+,24-,25-/m1/s1. The molecule has 0 aliphatic carbocycles. The zero-order chi connectivity index (χ0) is 25.4. The van der Waals surface area contributed by atoms with Gasteiger partial charge in [-0.2, -0.15) is 0 Å². The van der Waals surface area contributed by atoms with Crippen molar-refractivity contribution in [3.63, 3.8) is 0 Å². The maximum Gasteiger partial charge on any atom is 0.311 e. The van der Waals surface area contributed by atoms with Crippen LogP contribution in [0, 0.1) is 5.41 Å². The molecule has 0 saturated carbocycles. The Kier molecular flexibility index (Phi) is 9.40. The Morgan fingerprint density at radius 1 is 0.857 bits per heavy atom. The Labute approximate surface area is 206 Å². The van der Waals surface area contributed by atoms with Crippen LogP contribution in [0.2, 0.25) is 0 Å². The molecule has 2 aromatic carbocycles. The van der Waals surface area contributed by atoms with E-state index in [1.54, 1.807) is 20.8 Å². The lowest BCUT2D eigenvalue weighted by Gasteiger charge is -2.44. The number of hydrogen-bond acceptors (Lipinski definition) is 8. The minimum atomic E-state index is -1.50. The molecule has 1 aliphatic rings. The van der Waals surface area contributed by atoms with Crippen molar-refractivity contribution in [1.82, 2.24) is 0 Å². The lowest BCUT2D eigenvalue weighted by Crippen LogP contribution is -2.62. The van der Waals surface area contributed by atoms with Crippen LogP contribution in [0.1, 0.15) is 38.8 Å². The van der Waals surface area contributed by atoms with Crippen LogP contribution in [0.5, 0.6) is 0 Å². The van der Waals surface area contributed by atoms with Gasteiger partial charge in [0.05, 0.1) is 18.6 Å². The molecule has 5 atom stereocenters. The van der Waals surface area contributed by atoms with Crippen LogP contribution in [-0.2, 0) is 46.5 Å². The minimum absolute atomic E-state index is 0.156. The van der Waals surface area contributed by atoms with Gasteiger partial charge in [0.15, 0.2) is 12.4 Å². The normalized spacial score (nSPS) is 24.5. The number of aliphatic hydroxyl groups is 1. The summed E-state index contributed by atoms with van der Waals surface area (Å²) in [5.74, 6) is -1.01. The fraction of sp³-hybridized carbons (Fsp3) is 0.481. The van der Waals surface area contributed by atoms with Crippen molar-refractivity contribution in [1.29, 1.82) is 0 Å². The van der Waals surface area contributed by atoms with Gasteiger partial charge in [-0.15, -0.1) is 0 Å². The van der Waals surface area contributed by atoms with Crippen LogP contribution >= 0.6 is 0 Å². The SMILES string of the molecule is CC(=O)OC[C@H]1O[C@@H](O)[C@H](OC(=O)C(C)(C)C)[C@@H](OCc2ccccc2)[C@@H]1OCc1ccccc1. The lowest BCUT2D eigenvalue weighted by atomic mass is 9.95. The van der Waals surface area contributed by atoms with E-state index in [1.165, 1.54) is 6.92 Å². The summed E-state index contributed by atoms with van der Waals surface area (Å²) in [6.45, 7) is 6.70. The number of rotatable bonds is 9. The van der Waals surface area contributed by atoms with Gasteiger partial charge in [0.1, 0.15) is 24.9 Å². The van der Waals surface area contributed by atoms with Crippen molar-refractivity contribution in [2.45, 2.75) is 71.6 Å². The molecule has 8 heteroatoms. The molecule has 0 radical (unpaired) electrons. The topological polar surface area (TPSA) is 101 Å². The van der Waals surface area contributed by atoms with Gasteiger partial charge >= 0.3 is 11.9 Å². The molecule has 8 nitrogen and oxygen atoms in total. The summed E-state index contributed by atoms with van der Waals surface area (Å²) in [5.41, 5.74) is 1.00. The third-order valence-electron chi connectivity index (χ3n) is 5.49. The molecule has 1 aliphatic heterocycles. The van der Waals surface area contributed by atoms with Gasteiger partial charge < -0.3 is 28.8 Å². The third-order valence-corrected chi connectivity index (χ3v) is 5.49. The second-order valence-electron chi connectivity index (χ2n) is 9.51. The predicted molar refractivity (Wildman–Crippen MR) is 127 cm³/mol. The van der Waals surface area contributed by atoms with Crippen molar-refractivity contribution in [2.75, 3.05) is 6.61 Å². The maximum atomic E-state index is 12.7. The van der Waals surface area contributed by atoms with E-state index in [-0.39, 0.29) is 19.8 Å². The van der Waals surface area contributed by atoms with Gasteiger partial charge in [0.25, 0.3) is 0 Å². The first kappa shape index (κ1) is 26.8. The highest BCUT2D eigenvalue weighted by Gasteiger charge is 2.50. The molecule has 190 valence electrons.